The summed E-state index contributed by atoms with van der Waals surface area (Å²) in [5, 5.41) is 19.2. The third-order valence-corrected chi connectivity index (χ3v) is 3.81. The maximum absolute atomic E-state index is 6.12. The van der Waals surface area contributed by atoms with Crippen molar-refractivity contribution >= 4 is 41.6 Å². The summed E-state index contributed by atoms with van der Waals surface area (Å²) < 4.78 is 1.81. The van der Waals surface area contributed by atoms with Crippen LogP contribution in [0.4, 0.5) is 0 Å². The molecule has 0 aliphatic carbocycles. The van der Waals surface area contributed by atoms with Gasteiger partial charge in [0, 0.05) is 11.3 Å². The van der Waals surface area contributed by atoms with Crippen molar-refractivity contribution in [2.45, 2.75) is 6.92 Å². The first-order valence-corrected chi connectivity index (χ1v) is 7.41. The first-order chi connectivity index (χ1) is 10.6. The van der Waals surface area contributed by atoms with Crippen LogP contribution in [0.2, 0.25) is 10.0 Å². The predicted molar refractivity (Wildman–Crippen MR) is 89.2 cm³/mol. The van der Waals surface area contributed by atoms with Gasteiger partial charge in [0.1, 0.15) is 5.69 Å². The van der Waals surface area contributed by atoms with Gasteiger partial charge in [0.15, 0.2) is 0 Å². The SMILES string of the molecule is Cc1cc(-c2n[nH]c(=S)n2N=Cc2c(Cl)cccc2Cl)n[nH]1. The lowest BCUT2D eigenvalue weighted by Gasteiger charge is -2.01. The summed E-state index contributed by atoms with van der Waals surface area (Å²) in [6.45, 7) is 1.90. The molecule has 3 rings (SSSR count). The normalized spacial score (nSPS) is 11.4. The van der Waals surface area contributed by atoms with E-state index in [1.165, 1.54) is 4.68 Å². The second kappa shape index (κ2) is 6.04. The Kier molecular flexibility index (Phi) is 4.10. The Morgan fingerprint density at radius 1 is 1.23 bits per heavy atom. The van der Waals surface area contributed by atoms with Crippen molar-refractivity contribution < 1.29 is 0 Å². The molecular weight excluding hydrogens is 343 g/mol. The standard InChI is InChI=1S/C13H10Cl2N6S/c1-7-5-11(18-17-7)12-19-20-13(22)21(12)16-6-8-9(14)3-2-4-10(8)15/h2-6H,1H3,(H,17,18)(H,20,22). The van der Waals surface area contributed by atoms with E-state index in [1.807, 2.05) is 13.0 Å². The van der Waals surface area contributed by atoms with E-state index in [0.717, 1.165) is 5.69 Å². The van der Waals surface area contributed by atoms with Crippen molar-refractivity contribution in [1.29, 1.82) is 0 Å². The minimum atomic E-state index is 0.343. The van der Waals surface area contributed by atoms with Crippen LogP contribution in [-0.2, 0) is 0 Å². The van der Waals surface area contributed by atoms with Crippen LogP contribution in [0, 0.1) is 11.7 Å². The first kappa shape index (κ1) is 15.0. The minimum absolute atomic E-state index is 0.343. The fourth-order valence-electron chi connectivity index (χ4n) is 1.85. The van der Waals surface area contributed by atoms with E-state index in [-0.39, 0.29) is 0 Å². The highest BCUT2D eigenvalue weighted by Gasteiger charge is 2.11. The van der Waals surface area contributed by atoms with E-state index in [9.17, 15) is 0 Å². The lowest BCUT2D eigenvalue weighted by atomic mass is 10.2. The number of rotatable bonds is 3. The number of hydrogen-bond acceptors (Lipinski definition) is 4. The van der Waals surface area contributed by atoms with Gasteiger partial charge in [-0.05, 0) is 37.3 Å². The van der Waals surface area contributed by atoms with E-state index in [1.54, 1.807) is 24.4 Å². The Balaban J connectivity index is 2.05. The Hall–Kier alpha value is -1.96. The zero-order valence-corrected chi connectivity index (χ0v) is 13.7. The van der Waals surface area contributed by atoms with E-state index in [0.29, 0.717) is 31.9 Å². The maximum atomic E-state index is 6.12. The molecule has 9 heteroatoms. The molecule has 2 aromatic heterocycles. The van der Waals surface area contributed by atoms with Crippen molar-refractivity contribution in [1.82, 2.24) is 25.1 Å². The fourth-order valence-corrected chi connectivity index (χ4v) is 2.52. The third-order valence-electron chi connectivity index (χ3n) is 2.89. The molecule has 0 amide bonds. The molecule has 0 spiro atoms. The molecule has 0 unspecified atom stereocenters. The summed E-state index contributed by atoms with van der Waals surface area (Å²) in [6.07, 6.45) is 1.54. The van der Waals surface area contributed by atoms with Crippen LogP contribution in [0.1, 0.15) is 11.3 Å². The topological polar surface area (TPSA) is 74.7 Å². The van der Waals surface area contributed by atoms with Crippen LogP contribution in [0.5, 0.6) is 0 Å². The number of nitrogens with zero attached hydrogens (tertiary/aromatic N) is 4. The molecular formula is C13H10Cl2N6S. The molecule has 1 aromatic carbocycles. The van der Waals surface area contributed by atoms with Gasteiger partial charge in [-0.1, -0.05) is 29.3 Å². The summed E-state index contributed by atoms with van der Waals surface area (Å²) in [6, 6.07) is 7.09. The average Bonchev–Trinajstić information content (AvgIpc) is 3.05. The summed E-state index contributed by atoms with van der Waals surface area (Å²) >= 11 is 17.4. The van der Waals surface area contributed by atoms with Crippen LogP contribution in [0.3, 0.4) is 0 Å². The van der Waals surface area contributed by atoms with Crippen LogP contribution >= 0.6 is 35.4 Å². The second-order valence-electron chi connectivity index (χ2n) is 4.48. The molecule has 2 N–H and O–H groups in total. The quantitative estimate of drug-likeness (QED) is 0.555. The predicted octanol–water partition coefficient (Wildman–Crippen LogP) is 3.83. The number of halogens is 2. The van der Waals surface area contributed by atoms with Crippen LogP contribution in [0.15, 0.2) is 29.4 Å². The van der Waals surface area contributed by atoms with Crippen molar-refractivity contribution in [2.24, 2.45) is 5.10 Å². The second-order valence-corrected chi connectivity index (χ2v) is 5.68. The molecule has 0 atom stereocenters. The number of aromatic nitrogens is 5. The van der Waals surface area contributed by atoms with Crippen LogP contribution in [0.25, 0.3) is 11.5 Å². The summed E-state index contributed by atoms with van der Waals surface area (Å²) in [7, 11) is 0. The number of nitrogens with one attached hydrogen (secondary N) is 2. The summed E-state index contributed by atoms with van der Waals surface area (Å²) in [4.78, 5) is 0. The zero-order valence-electron chi connectivity index (χ0n) is 11.3. The molecule has 0 saturated heterocycles. The Bertz CT molecular complexity index is 887. The highest BCUT2D eigenvalue weighted by molar-refractivity contribution is 7.71. The van der Waals surface area contributed by atoms with Crippen LogP contribution < -0.4 is 0 Å². The van der Waals surface area contributed by atoms with E-state index < -0.39 is 0 Å². The van der Waals surface area contributed by atoms with Gasteiger partial charge in [0.05, 0.1) is 16.3 Å². The van der Waals surface area contributed by atoms with E-state index >= 15 is 0 Å². The summed E-state index contributed by atoms with van der Waals surface area (Å²) in [5.74, 6) is 0.494. The first-order valence-electron chi connectivity index (χ1n) is 6.24. The number of aromatic amines is 2. The van der Waals surface area contributed by atoms with Gasteiger partial charge in [-0.2, -0.15) is 20.0 Å². The Morgan fingerprint density at radius 3 is 2.59 bits per heavy atom. The number of benzene rings is 1. The van der Waals surface area contributed by atoms with Gasteiger partial charge in [0.25, 0.3) is 0 Å². The van der Waals surface area contributed by atoms with Crippen molar-refractivity contribution in [3.63, 3.8) is 0 Å². The highest BCUT2D eigenvalue weighted by Crippen LogP contribution is 2.22. The van der Waals surface area contributed by atoms with E-state index in [2.05, 4.69) is 25.5 Å². The lowest BCUT2D eigenvalue weighted by Crippen LogP contribution is -1.96. The molecule has 0 bridgehead atoms. The molecule has 0 aliphatic heterocycles. The monoisotopic (exact) mass is 352 g/mol. The Labute approximate surface area is 140 Å². The van der Waals surface area contributed by atoms with Crippen molar-refractivity contribution in [2.75, 3.05) is 0 Å². The summed E-state index contributed by atoms with van der Waals surface area (Å²) in [5.41, 5.74) is 2.15. The van der Waals surface area contributed by atoms with Crippen molar-refractivity contribution in [3.8, 4) is 11.5 Å². The molecule has 6 nitrogen and oxygen atoms in total. The van der Waals surface area contributed by atoms with Gasteiger partial charge in [0.2, 0.25) is 10.6 Å². The fraction of sp³-hybridized carbons (Fsp3) is 0.0769. The molecule has 0 saturated carbocycles. The largest absolute Gasteiger partial charge is 0.282 e. The molecule has 112 valence electrons. The zero-order chi connectivity index (χ0) is 15.7. The number of H-pyrrole nitrogens is 2. The highest BCUT2D eigenvalue weighted by atomic mass is 35.5. The number of hydrogen-bond donors (Lipinski definition) is 2. The molecule has 0 aliphatic rings. The molecule has 2 heterocycles. The molecule has 0 radical (unpaired) electrons. The van der Waals surface area contributed by atoms with Gasteiger partial charge in [-0.25, -0.2) is 5.10 Å². The van der Waals surface area contributed by atoms with Crippen molar-refractivity contribution in [3.05, 3.63) is 50.3 Å². The molecule has 0 fully saturated rings. The lowest BCUT2D eigenvalue weighted by molar-refractivity contribution is 0.865. The smallest absolute Gasteiger partial charge is 0.216 e. The Morgan fingerprint density at radius 2 is 1.95 bits per heavy atom. The van der Waals surface area contributed by atoms with E-state index in [4.69, 9.17) is 35.4 Å². The maximum Gasteiger partial charge on any atom is 0.216 e. The van der Waals surface area contributed by atoms with Gasteiger partial charge < -0.3 is 0 Å². The van der Waals surface area contributed by atoms with Crippen LogP contribution in [-0.4, -0.2) is 31.3 Å². The third kappa shape index (κ3) is 2.83. The number of aryl methyl sites for hydroxylation is 1. The molecule has 3 aromatic rings. The molecule has 22 heavy (non-hydrogen) atoms. The average molecular weight is 353 g/mol. The van der Waals surface area contributed by atoms with Gasteiger partial charge in [-0.15, -0.1) is 0 Å². The van der Waals surface area contributed by atoms with Gasteiger partial charge in [-0.3, -0.25) is 5.10 Å². The van der Waals surface area contributed by atoms with Gasteiger partial charge >= 0.3 is 0 Å². The minimum Gasteiger partial charge on any atom is -0.282 e.